The van der Waals surface area contributed by atoms with E-state index in [1.54, 1.807) is 6.07 Å². The number of rotatable bonds is 5. The maximum atomic E-state index is 12.1. The van der Waals surface area contributed by atoms with Crippen LogP contribution in [0, 0.1) is 12.8 Å². The Kier molecular flexibility index (Phi) is 4.53. The van der Waals surface area contributed by atoms with Gasteiger partial charge in [0.2, 0.25) is 5.91 Å². The van der Waals surface area contributed by atoms with Gasteiger partial charge in [-0.25, -0.2) is 0 Å². The minimum Gasteiger partial charge on any atom is -0.359 e. The highest BCUT2D eigenvalue weighted by atomic mass is 16.5. The molecule has 2 atom stereocenters. The SMILES string of the molecule is Cc1cc(CNC(=O)C(C)C(N)c2ccccc2)on1. The summed E-state index contributed by atoms with van der Waals surface area (Å²) in [5.74, 6) is 0.216. The first-order valence-corrected chi connectivity index (χ1v) is 6.58. The van der Waals surface area contributed by atoms with Crippen LogP contribution in [-0.4, -0.2) is 11.1 Å². The number of nitrogens with zero attached hydrogens (tertiary/aromatic N) is 1. The van der Waals surface area contributed by atoms with Gasteiger partial charge in [0, 0.05) is 12.1 Å². The van der Waals surface area contributed by atoms with Crippen molar-refractivity contribution in [1.82, 2.24) is 10.5 Å². The maximum absolute atomic E-state index is 12.1. The molecule has 0 spiro atoms. The molecular formula is C15H19N3O2. The summed E-state index contributed by atoms with van der Waals surface area (Å²) in [6.07, 6.45) is 0. The van der Waals surface area contributed by atoms with Crippen LogP contribution in [0.5, 0.6) is 0 Å². The zero-order chi connectivity index (χ0) is 14.5. The number of benzene rings is 1. The van der Waals surface area contributed by atoms with Gasteiger partial charge >= 0.3 is 0 Å². The van der Waals surface area contributed by atoms with Crippen LogP contribution in [0.2, 0.25) is 0 Å². The molecule has 5 heteroatoms. The quantitative estimate of drug-likeness (QED) is 0.872. The molecule has 0 saturated carbocycles. The first-order chi connectivity index (χ1) is 9.58. The molecule has 5 nitrogen and oxygen atoms in total. The summed E-state index contributed by atoms with van der Waals surface area (Å²) in [5, 5.41) is 6.58. The molecule has 2 aromatic rings. The summed E-state index contributed by atoms with van der Waals surface area (Å²) in [6, 6.07) is 11.1. The van der Waals surface area contributed by atoms with E-state index in [1.165, 1.54) is 0 Å². The fourth-order valence-corrected chi connectivity index (χ4v) is 1.96. The third-order valence-electron chi connectivity index (χ3n) is 3.25. The van der Waals surface area contributed by atoms with E-state index in [0.717, 1.165) is 11.3 Å². The van der Waals surface area contributed by atoms with E-state index in [2.05, 4.69) is 10.5 Å². The van der Waals surface area contributed by atoms with Gasteiger partial charge in [-0.3, -0.25) is 4.79 Å². The Hall–Kier alpha value is -2.14. The minimum atomic E-state index is -0.326. The second-order valence-electron chi connectivity index (χ2n) is 4.88. The molecule has 0 fully saturated rings. The van der Waals surface area contributed by atoms with Crippen LogP contribution < -0.4 is 11.1 Å². The normalized spacial score (nSPS) is 13.8. The summed E-state index contributed by atoms with van der Waals surface area (Å²) >= 11 is 0. The minimum absolute atomic E-state index is 0.101. The molecular weight excluding hydrogens is 254 g/mol. The Morgan fingerprint density at radius 1 is 1.40 bits per heavy atom. The van der Waals surface area contributed by atoms with Crippen molar-refractivity contribution in [2.45, 2.75) is 26.4 Å². The third-order valence-corrected chi connectivity index (χ3v) is 3.25. The molecule has 0 aliphatic rings. The lowest BCUT2D eigenvalue weighted by atomic mass is 9.95. The van der Waals surface area contributed by atoms with Gasteiger partial charge in [0.1, 0.15) is 0 Å². The molecule has 106 valence electrons. The Morgan fingerprint density at radius 3 is 2.70 bits per heavy atom. The molecule has 0 bridgehead atoms. The van der Waals surface area contributed by atoms with Crippen LogP contribution in [0.15, 0.2) is 40.9 Å². The highest BCUT2D eigenvalue weighted by Gasteiger charge is 2.22. The van der Waals surface area contributed by atoms with Gasteiger partial charge in [0.05, 0.1) is 18.2 Å². The fraction of sp³-hybridized carbons (Fsp3) is 0.333. The van der Waals surface area contributed by atoms with E-state index in [4.69, 9.17) is 10.3 Å². The Balaban J connectivity index is 1.91. The van der Waals surface area contributed by atoms with Crippen molar-refractivity contribution in [3.8, 4) is 0 Å². The number of hydrogen-bond acceptors (Lipinski definition) is 4. The standard InChI is InChI=1S/C15H19N3O2/c1-10-8-13(20-18-10)9-17-15(19)11(2)14(16)12-6-4-3-5-7-12/h3-8,11,14H,9,16H2,1-2H3,(H,17,19). The molecule has 0 saturated heterocycles. The summed E-state index contributed by atoms with van der Waals surface area (Å²) < 4.78 is 5.04. The van der Waals surface area contributed by atoms with Crippen LogP contribution in [0.4, 0.5) is 0 Å². The summed E-state index contributed by atoms with van der Waals surface area (Å²) in [6.45, 7) is 3.98. The van der Waals surface area contributed by atoms with Gasteiger partial charge in [0.15, 0.2) is 5.76 Å². The second-order valence-corrected chi connectivity index (χ2v) is 4.88. The molecule has 2 rings (SSSR count). The molecule has 1 aromatic carbocycles. The third kappa shape index (κ3) is 3.45. The predicted molar refractivity (Wildman–Crippen MR) is 75.6 cm³/mol. The van der Waals surface area contributed by atoms with Crippen molar-refractivity contribution in [3.63, 3.8) is 0 Å². The summed E-state index contributed by atoms with van der Waals surface area (Å²) in [5.41, 5.74) is 7.86. The van der Waals surface area contributed by atoms with E-state index in [-0.39, 0.29) is 17.9 Å². The van der Waals surface area contributed by atoms with Gasteiger partial charge in [-0.1, -0.05) is 42.4 Å². The Labute approximate surface area is 118 Å². The van der Waals surface area contributed by atoms with Crippen molar-refractivity contribution >= 4 is 5.91 Å². The van der Waals surface area contributed by atoms with Crippen molar-refractivity contribution in [3.05, 3.63) is 53.4 Å². The van der Waals surface area contributed by atoms with Crippen LogP contribution in [0.3, 0.4) is 0 Å². The van der Waals surface area contributed by atoms with E-state index in [9.17, 15) is 4.79 Å². The first kappa shape index (κ1) is 14.3. The molecule has 20 heavy (non-hydrogen) atoms. The molecule has 0 radical (unpaired) electrons. The molecule has 2 unspecified atom stereocenters. The fourth-order valence-electron chi connectivity index (χ4n) is 1.96. The van der Waals surface area contributed by atoms with Crippen LogP contribution in [0.25, 0.3) is 0 Å². The average Bonchev–Trinajstić information content (AvgIpc) is 2.89. The lowest BCUT2D eigenvalue weighted by Gasteiger charge is -2.19. The topological polar surface area (TPSA) is 81.2 Å². The van der Waals surface area contributed by atoms with Gasteiger partial charge < -0.3 is 15.6 Å². The van der Waals surface area contributed by atoms with Gasteiger partial charge in [0.25, 0.3) is 0 Å². The lowest BCUT2D eigenvalue weighted by molar-refractivity contribution is -0.125. The number of hydrogen-bond donors (Lipinski definition) is 2. The van der Waals surface area contributed by atoms with Crippen LogP contribution >= 0.6 is 0 Å². The van der Waals surface area contributed by atoms with Crippen molar-refractivity contribution < 1.29 is 9.32 Å². The molecule has 1 heterocycles. The van der Waals surface area contributed by atoms with Crippen LogP contribution in [0.1, 0.15) is 30.0 Å². The highest BCUT2D eigenvalue weighted by Crippen LogP contribution is 2.19. The van der Waals surface area contributed by atoms with Gasteiger partial charge in [-0.15, -0.1) is 0 Å². The molecule has 0 aliphatic heterocycles. The Morgan fingerprint density at radius 2 is 2.10 bits per heavy atom. The molecule has 1 aromatic heterocycles. The number of aryl methyl sites for hydroxylation is 1. The number of aromatic nitrogens is 1. The summed E-state index contributed by atoms with van der Waals surface area (Å²) in [4.78, 5) is 12.1. The van der Waals surface area contributed by atoms with Gasteiger partial charge in [-0.05, 0) is 12.5 Å². The average molecular weight is 273 g/mol. The van der Waals surface area contributed by atoms with Crippen molar-refractivity contribution in [2.75, 3.05) is 0 Å². The zero-order valence-corrected chi connectivity index (χ0v) is 11.7. The second kappa shape index (κ2) is 6.34. The number of nitrogens with one attached hydrogen (secondary N) is 1. The number of carbonyl (C=O) groups excluding carboxylic acids is 1. The lowest BCUT2D eigenvalue weighted by Crippen LogP contribution is -2.35. The van der Waals surface area contributed by atoms with Crippen molar-refractivity contribution in [1.29, 1.82) is 0 Å². The van der Waals surface area contributed by atoms with Gasteiger partial charge in [-0.2, -0.15) is 0 Å². The predicted octanol–water partition coefficient (Wildman–Crippen LogP) is 1.94. The van der Waals surface area contributed by atoms with E-state index >= 15 is 0 Å². The number of nitrogens with two attached hydrogens (primary N) is 1. The van der Waals surface area contributed by atoms with E-state index < -0.39 is 0 Å². The van der Waals surface area contributed by atoms with Crippen molar-refractivity contribution in [2.24, 2.45) is 11.7 Å². The van der Waals surface area contributed by atoms with E-state index in [1.807, 2.05) is 44.2 Å². The number of amides is 1. The zero-order valence-electron chi connectivity index (χ0n) is 11.7. The largest absolute Gasteiger partial charge is 0.359 e. The highest BCUT2D eigenvalue weighted by molar-refractivity contribution is 5.79. The first-order valence-electron chi connectivity index (χ1n) is 6.58. The molecule has 1 amide bonds. The summed E-state index contributed by atoms with van der Waals surface area (Å²) in [7, 11) is 0. The van der Waals surface area contributed by atoms with E-state index in [0.29, 0.717) is 12.3 Å². The van der Waals surface area contributed by atoms with Crippen LogP contribution in [-0.2, 0) is 11.3 Å². The Bertz CT molecular complexity index is 566. The molecule has 0 aliphatic carbocycles. The maximum Gasteiger partial charge on any atom is 0.225 e. The monoisotopic (exact) mass is 273 g/mol. The molecule has 3 N–H and O–H groups in total. The smallest absolute Gasteiger partial charge is 0.225 e. The number of carbonyl (C=O) groups is 1.